The molecule has 0 spiro atoms. The van der Waals surface area contributed by atoms with Gasteiger partial charge in [0, 0.05) is 31.8 Å². The lowest BCUT2D eigenvalue weighted by Gasteiger charge is -2.45. The van der Waals surface area contributed by atoms with Gasteiger partial charge in [-0.25, -0.2) is 0 Å². The SMILES string of the molecule is COCCN(C(C)C)C1CCCC(NC2CC2)(C(N)=O)C1. The van der Waals surface area contributed by atoms with E-state index in [4.69, 9.17) is 10.5 Å². The molecule has 5 nitrogen and oxygen atoms in total. The molecule has 122 valence electrons. The normalized spacial score (nSPS) is 30.0. The summed E-state index contributed by atoms with van der Waals surface area (Å²) in [5.74, 6) is -0.172. The highest BCUT2D eigenvalue weighted by Crippen LogP contribution is 2.35. The Hall–Kier alpha value is -0.650. The first-order chi connectivity index (χ1) is 9.98. The number of nitrogens with one attached hydrogen (secondary N) is 1. The summed E-state index contributed by atoms with van der Waals surface area (Å²) in [6.07, 6.45) is 6.27. The van der Waals surface area contributed by atoms with Crippen molar-refractivity contribution < 1.29 is 9.53 Å². The molecule has 0 heterocycles. The number of nitrogens with two attached hydrogens (primary N) is 1. The molecule has 21 heavy (non-hydrogen) atoms. The van der Waals surface area contributed by atoms with E-state index in [1.165, 1.54) is 12.8 Å². The smallest absolute Gasteiger partial charge is 0.237 e. The molecule has 2 atom stereocenters. The van der Waals surface area contributed by atoms with Crippen LogP contribution in [0, 0.1) is 0 Å². The standard InChI is InChI=1S/C16H31N3O2/c1-12(2)19(9-10-21-3)14-5-4-8-16(11-14,15(17)20)18-13-6-7-13/h12-14,18H,4-11H2,1-3H3,(H2,17,20). The Morgan fingerprint density at radius 2 is 2.14 bits per heavy atom. The first-order valence-electron chi connectivity index (χ1n) is 8.31. The molecule has 2 aliphatic carbocycles. The monoisotopic (exact) mass is 297 g/mol. The van der Waals surface area contributed by atoms with Gasteiger partial charge in [0.15, 0.2) is 0 Å². The van der Waals surface area contributed by atoms with Crippen LogP contribution in [-0.4, -0.2) is 54.7 Å². The van der Waals surface area contributed by atoms with Crippen molar-refractivity contribution in [2.75, 3.05) is 20.3 Å². The van der Waals surface area contributed by atoms with E-state index in [0.29, 0.717) is 18.1 Å². The number of carbonyl (C=O) groups excluding carboxylic acids is 1. The zero-order valence-electron chi connectivity index (χ0n) is 13.7. The second-order valence-corrected chi connectivity index (χ2v) is 6.94. The summed E-state index contributed by atoms with van der Waals surface area (Å²) in [6, 6.07) is 1.37. The first kappa shape index (κ1) is 16.7. The Morgan fingerprint density at radius 3 is 2.67 bits per heavy atom. The molecule has 2 rings (SSSR count). The van der Waals surface area contributed by atoms with Crippen LogP contribution in [-0.2, 0) is 9.53 Å². The molecule has 1 amide bonds. The van der Waals surface area contributed by atoms with Crippen LogP contribution in [0.3, 0.4) is 0 Å². The third kappa shape index (κ3) is 4.18. The number of primary amides is 1. The summed E-state index contributed by atoms with van der Waals surface area (Å²) in [5, 5.41) is 3.55. The van der Waals surface area contributed by atoms with Crippen LogP contribution in [0.15, 0.2) is 0 Å². The van der Waals surface area contributed by atoms with E-state index in [9.17, 15) is 4.79 Å². The summed E-state index contributed by atoms with van der Waals surface area (Å²) < 4.78 is 5.24. The van der Waals surface area contributed by atoms with E-state index >= 15 is 0 Å². The summed E-state index contributed by atoms with van der Waals surface area (Å²) in [5.41, 5.74) is 5.28. The van der Waals surface area contributed by atoms with Crippen LogP contribution in [0.5, 0.6) is 0 Å². The number of amides is 1. The van der Waals surface area contributed by atoms with Gasteiger partial charge >= 0.3 is 0 Å². The Bertz CT molecular complexity index is 357. The minimum atomic E-state index is -0.496. The molecule has 0 aromatic heterocycles. The van der Waals surface area contributed by atoms with Gasteiger partial charge in [-0.1, -0.05) is 0 Å². The summed E-state index contributed by atoms with van der Waals surface area (Å²) in [7, 11) is 1.74. The maximum Gasteiger partial charge on any atom is 0.237 e. The molecule has 2 saturated carbocycles. The van der Waals surface area contributed by atoms with Crippen molar-refractivity contribution in [3.63, 3.8) is 0 Å². The number of hydrogen-bond donors (Lipinski definition) is 2. The highest BCUT2D eigenvalue weighted by molar-refractivity contribution is 5.85. The lowest BCUT2D eigenvalue weighted by molar-refractivity contribution is -0.127. The number of methoxy groups -OCH3 is 1. The van der Waals surface area contributed by atoms with E-state index in [0.717, 1.165) is 38.8 Å². The average Bonchev–Trinajstić information content (AvgIpc) is 3.23. The Kier molecular flexibility index (Phi) is 5.63. The van der Waals surface area contributed by atoms with Crippen molar-refractivity contribution in [1.29, 1.82) is 0 Å². The van der Waals surface area contributed by atoms with Gasteiger partial charge in [-0.2, -0.15) is 0 Å². The van der Waals surface area contributed by atoms with Crippen molar-refractivity contribution in [1.82, 2.24) is 10.2 Å². The quantitative estimate of drug-likeness (QED) is 0.708. The molecule has 0 aliphatic heterocycles. The van der Waals surface area contributed by atoms with Crippen molar-refractivity contribution in [2.45, 2.75) is 76.0 Å². The number of carbonyl (C=O) groups is 1. The zero-order chi connectivity index (χ0) is 15.5. The molecule has 0 saturated heterocycles. The Balaban J connectivity index is 2.06. The van der Waals surface area contributed by atoms with Crippen molar-refractivity contribution in [2.24, 2.45) is 5.73 Å². The van der Waals surface area contributed by atoms with Crippen molar-refractivity contribution in [3.8, 4) is 0 Å². The maximum absolute atomic E-state index is 12.1. The minimum absolute atomic E-state index is 0.172. The van der Waals surface area contributed by atoms with E-state index in [1.807, 2.05) is 0 Å². The van der Waals surface area contributed by atoms with E-state index in [2.05, 4.69) is 24.1 Å². The van der Waals surface area contributed by atoms with Gasteiger partial charge in [-0.3, -0.25) is 9.69 Å². The average molecular weight is 297 g/mol. The van der Waals surface area contributed by atoms with E-state index < -0.39 is 5.54 Å². The summed E-state index contributed by atoms with van der Waals surface area (Å²) in [4.78, 5) is 14.6. The molecule has 5 heteroatoms. The van der Waals surface area contributed by atoms with Gasteiger partial charge < -0.3 is 15.8 Å². The van der Waals surface area contributed by atoms with Gasteiger partial charge in [-0.15, -0.1) is 0 Å². The van der Waals surface area contributed by atoms with Gasteiger partial charge in [0.1, 0.15) is 0 Å². The molecule has 3 N–H and O–H groups in total. The van der Waals surface area contributed by atoms with Gasteiger partial charge in [0.25, 0.3) is 0 Å². The second-order valence-electron chi connectivity index (χ2n) is 6.94. The molecule has 0 bridgehead atoms. The maximum atomic E-state index is 12.1. The predicted octanol–water partition coefficient (Wildman–Crippen LogP) is 1.26. The van der Waals surface area contributed by atoms with Gasteiger partial charge in [0.05, 0.1) is 12.1 Å². The summed E-state index contributed by atoms with van der Waals surface area (Å²) >= 11 is 0. The third-order valence-electron chi connectivity index (χ3n) is 4.94. The molecule has 0 aromatic rings. The van der Waals surface area contributed by atoms with Crippen LogP contribution >= 0.6 is 0 Å². The molecular weight excluding hydrogens is 266 g/mol. The minimum Gasteiger partial charge on any atom is -0.383 e. The van der Waals surface area contributed by atoms with E-state index in [1.54, 1.807) is 7.11 Å². The fourth-order valence-electron chi connectivity index (χ4n) is 3.63. The molecule has 2 unspecified atom stereocenters. The lowest BCUT2D eigenvalue weighted by atomic mass is 9.77. The van der Waals surface area contributed by atoms with Crippen LogP contribution in [0.2, 0.25) is 0 Å². The largest absolute Gasteiger partial charge is 0.383 e. The van der Waals surface area contributed by atoms with Crippen LogP contribution in [0.4, 0.5) is 0 Å². The first-order valence-corrected chi connectivity index (χ1v) is 8.31. The molecule has 2 fully saturated rings. The Morgan fingerprint density at radius 1 is 1.43 bits per heavy atom. The number of rotatable bonds is 8. The summed E-state index contributed by atoms with van der Waals surface area (Å²) in [6.45, 7) is 6.07. The Labute approximate surface area is 128 Å². The molecule has 0 radical (unpaired) electrons. The lowest BCUT2D eigenvalue weighted by Crippen LogP contribution is -2.62. The third-order valence-corrected chi connectivity index (χ3v) is 4.94. The molecular formula is C16H31N3O2. The van der Waals surface area contributed by atoms with Crippen molar-refractivity contribution >= 4 is 5.91 Å². The van der Waals surface area contributed by atoms with Gasteiger partial charge in [0.2, 0.25) is 5.91 Å². The van der Waals surface area contributed by atoms with Gasteiger partial charge in [-0.05, 0) is 52.4 Å². The van der Waals surface area contributed by atoms with Crippen molar-refractivity contribution in [3.05, 3.63) is 0 Å². The van der Waals surface area contributed by atoms with Crippen LogP contribution in [0.1, 0.15) is 52.4 Å². The highest BCUT2D eigenvalue weighted by atomic mass is 16.5. The second kappa shape index (κ2) is 7.07. The highest BCUT2D eigenvalue weighted by Gasteiger charge is 2.45. The van der Waals surface area contributed by atoms with Crippen LogP contribution < -0.4 is 11.1 Å². The topological polar surface area (TPSA) is 67.6 Å². The van der Waals surface area contributed by atoms with E-state index in [-0.39, 0.29) is 5.91 Å². The predicted molar refractivity (Wildman–Crippen MR) is 84.1 cm³/mol. The van der Waals surface area contributed by atoms with Crippen LogP contribution in [0.25, 0.3) is 0 Å². The fraction of sp³-hybridized carbons (Fsp3) is 0.938. The molecule has 0 aromatic carbocycles. The zero-order valence-corrected chi connectivity index (χ0v) is 13.7. The number of ether oxygens (including phenoxy) is 1. The number of nitrogens with zero attached hydrogens (tertiary/aromatic N) is 1. The number of hydrogen-bond acceptors (Lipinski definition) is 4. The fourth-order valence-corrected chi connectivity index (χ4v) is 3.63. The molecule has 2 aliphatic rings.